The van der Waals surface area contributed by atoms with E-state index in [9.17, 15) is 13.2 Å². The second-order valence-corrected chi connectivity index (χ2v) is 6.95. The molecule has 2 aromatic heterocycles. The fourth-order valence-electron chi connectivity index (χ4n) is 1.88. The zero-order valence-corrected chi connectivity index (χ0v) is 13.1. The summed E-state index contributed by atoms with van der Waals surface area (Å²) in [6.07, 6.45) is 3.01. The number of sulfonamides is 1. The van der Waals surface area contributed by atoms with E-state index in [4.69, 9.17) is 5.73 Å². The zero-order chi connectivity index (χ0) is 15.5. The van der Waals surface area contributed by atoms with Gasteiger partial charge >= 0.3 is 0 Å². The van der Waals surface area contributed by atoms with Crippen molar-refractivity contribution in [2.24, 2.45) is 5.73 Å². The molecule has 21 heavy (non-hydrogen) atoms. The Labute approximate surface area is 126 Å². The van der Waals surface area contributed by atoms with Crippen LogP contribution in [0.3, 0.4) is 0 Å². The summed E-state index contributed by atoms with van der Waals surface area (Å²) in [5.41, 5.74) is 5.03. The van der Waals surface area contributed by atoms with E-state index in [0.717, 1.165) is 0 Å². The highest BCUT2D eigenvalue weighted by molar-refractivity contribution is 7.89. The van der Waals surface area contributed by atoms with Gasteiger partial charge in [-0.2, -0.15) is 0 Å². The smallest absolute Gasteiger partial charge is 0.260 e. The van der Waals surface area contributed by atoms with Crippen LogP contribution in [0.15, 0.2) is 16.6 Å². The second kappa shape index (κ2) is 6.41. The summed E-state index contributed by atoms with van der Waals surface area (Å²) >= 11 is 1.36. The lowest BCUT2D eigenvalue weighted by Crippen LogP contribution is -2.26. The maximum absolute atomic E-state index is 12.4. The molecule has 8 nitrogen and oxygen atoms in total. The Bertz CT molecular complexity index is 734. The van der Waals surface area contributed by atoms with Crippen LogP contribution in [0.25, 0.3) is 4.96 Å². The Kier molecular flexibility index (Phi) is 4.80. The number of unbranched alkanes of at least 4 members (excludes halogenated alkanes) is 1. The van der Waals surface area contributed by atoms with E-state index in [2.05, 4.69) is 15.0 Å². The van der Waals surface area contributed by atoms with E-state index < -0.39 is 10.0 Å². The molecule has 0 saturated carbocycles. The lowest BCUT2D eigenvalue weighted by Gasteiger charge is -2.07. The Morgan fingerprint density at radius 2 is 2.24 bits per heavy atom. The van der Waals surface area contributed by atoms with Crippen molar-refractivity contribution in [3.63, 3.8) is 0 Å². The number of rotatable bonds is 8. The van der Waals surface area contributed by atoms with Gasteiger partial charge < -0.3 is 11.1 Å². The van der Waals surface area contributed by atoms with Crippen molar-refractivity contribution in [3.8, 4) is 0 Å². The van der Waals surface area contributed by atoms with Crippen molar-refractivity contribution >= 4 is 38.0 Å². The third-order valence-corrected chi connectivity index (χ3v) is 5.09. The van der Waals surface area contributed by atoms with Gasteiger partial charge in [0, 0.05) is 31.6 Å². The highest BCUT2D eigenvalue weighted by Crippen LogP contribution is 2.25. The number of aromatic nitrogens is 2. The normalized spacial score (nSPS) is 11.9. The summed E-state index contributed by atoms with van der Waals surface area (Å²) in [5, 5.41) is 4.65. The molecule has 0 radical (unpaired) electrons. The summed E-state index contributed by atoms with van der Waals surface area (Å²) in [6, 6.07) is 0. The van der Waals surface area contributed by atoms with Gasteiger partial charge in [0.1, 0.15) is 0 Å². The second-order valence-electron chi connectivity index (χ2n) is 4.39. The van der Waals surface area contributed by atoms with Gasteiger partial charge in [0.25, 0.3) is 10.0 Å². The number of hydrogen-bond acceptors (Lipinski definition) is 6. The van der Waals surface area contributed by atoms with Crippen molar-refractivity contribution in [1.82, 2.24) is 14.1 Å². The molecule has 0 aliphatic heterocycles. The van der Waals surface area contributed by atoms with Crippen LogP contribution in [0.5, 0.6) is 0 Å². The van der Waals surface area contributed by atoms with Gasteiger partial charge in [0.2, 0.25) is 5.91 Å². The molecule has 2 aromatic rings. The molecule has 0 aliphatic carbocycles. The Morgan fingerprint density at radius 3 is 2.90 bits per heavy atom. The van der Waals surface area contributed by atoms with Gasteiger partial charge in [0.15, 0.2) is 15.8 Å². The molecule has 0 aromatic carbocycles. The fraction of sp³-hybridized carbons (Fsp3) is 0.455. The van der Waals surface area contributed by atoms with E-state index in [1.54, 1.807) is 18.6 Å². The molecule has 0 aliphatic rings. The first kappa shape index (κ1) is 15.7. The molecule has 0 saturated heterocycles. The molecular weight excluding hydrogens is 314 g/mol. The topological polar surface area (TPSA) is 119 Å². The van der Waals surface area contributed by atoms with Gasteiger partial charge in [-0.05, 0) is 12.8 Å². The van der Waals surface area contributed by atoms with Crippen molar-refractivity contribution < 1.29 is 13.2 Å². The Morgan fingerprint density at radius 1 is 1.48 bits per heavy atom. The third-order valence-electron chi connectivity index (χ3n) is 2.85. The van der Waals surface area contributed by atoms with Crippen LogP contribution >= 0.6 is 11.3 Å². The number of imidazole rings is 1. The van der Waals surface area contributed by atoms with Crippen LogP contribution in [-0.4, -0.2) is 37.3 Å². The summed E-state index contributed by atoms with van der Waals surface area (Å²) in [5.74, 6) is -0.0717. The number of fused-ring (bicyclic) bond motifs is 1. The third kappa shape index (κ3) is 3.52. The SMILES string of the molecule is CNc1nc2sccn2c1S(=O)(=O)NCCCCC(N)=O. The lowest BCUT2D eigenvalue weighted by atomic mass is 10.2. The Balaban J connectivity index is 2.10. The van der Waals surface area contributed by atoms with Crippen molar-refractivity contribution in [2.45, 2.75) is 24.3 Å². The number of amides is 1. The minimum atomic E-state index is -3.68. The van der Waals surface area contributed by atoms with Crippen molar-refractivity contribution in [2.75, 3.05) is 18.9 Å². The summed E-state index contributed by atoms with van der Waals surface area (Å²) < 4.78 is 28.8. The standard InChI is InChI=1S/C11H17N5O3S2/c1-13-9-10(16-6-7-20-11(16)15-9)21(18,19)14-5-3-2-4-8(12)17/h6-7,13-14H,2-5H2,1H3,(H2,12,17). The van der Waals surface area contributed by atoms with Crippen LogP contribution in [0.4, 0.5) is 5.82 Å². The van der Waals surface area contributed by atoms with Gasteiger partial charge in [0.05, 0.1) is 0 Å². The summed E-state index contributed by atoms with van der Waals surface area (Å²) in [6.45, 7) is 0.246. The van der Waals surface area contributed by atoms with E-state index >= 15 is 0 Å². The van der Waals surface area contributed by atoms with E-state index in [1.165, 1.54) is 15.7 Å². The van der Waals surface area contributed by atoms with E-state index in [0.29, 0.717) is 23.6 Å². The Hall–Kier alpha value is -1.65. The number of thiazole rings is 1. The minimum absolute atomic E-state index is 0.0937. The van der Waals surface area contributed by atoms with Crippen LogP contribution in [0, 0.1) is 0 Å². The molecule has 0 unspecified atom stereocenters. The van der Waals surface area contributed by atoms with E-state index in [-0.39, 0.29) is 23.9 Å². The fourth-order valence-corrected chi connectivity index (χ4v) is 4.01. The van der Waals surface area contributed by atoms with Crippen LogP contribution < -0.4 is 15.8 Å². The number of hydrogen-bond donors (Lipinski definition) is 3. The number of nitrogens with one attached hydrogen (secondary N) is 2. The predicted molar refractivity (Wildman–Crippen MR) is 80.8 cm³/mol. The number of primary amides is 1. The molecule has 2 rings (SSSR count). The molecule has 0 atom stereocenters. The molecule has 1 amide bonds. The predicted octanol–water partition coefficient (Wildman–Crippen LogP) is 0.371. The molecule has 0 fully saturated rings. The largest absolute Gasteiger partial charge is 0.371 e. The molecular formula is C11H17N5O3S2. The quantitative estimate of drug-likeness (QED) is 0.604. The van der Waals surface area contributed by atoms with Crippen molar-refractivity contribution in [3.05, 3.63) is 11.6 Å². The first-order valence-corrected chi connectivity index (χ1v) is 8.73. The molecule has 10 heteroatoms. The average Bonchev–Trinajstić information content (AvgIpc) is 2.96. The first-order chi connectivity index (χ1) is 9.95. The maximum Gasteiger partial charge on any atom is 0.260 e. The van der Waals surface area contributed by atoms with Gasteiger partial charge in [-0.3, -0.25) is 9.20 Å². The van der Waals surface area contributed by atoms with Crippen LogP contribution in [-0.2, 0) is 14.8 Å². The molecule has 0 bridgehead atoms. The highest BCUT2D eigenvalue weighted by Gasteiger charge is 2.24. The molecule has 116 valence electrons. The zero-order valence-electron chi connectivity index (χ0n) is 11.5. The summed E-state index contributed by atoms with van der Waals surface area (Å²) in [7, 11) is -2.06. The minimum Gasteiger partial charge on any atom is -0.371 e. The first-order valence-electron chi connectivity index (χ1n) is 6.37. The van der Waals surface area contributed by atoms with Crippen molar-refractivity contribution in [1.29, 1.82) is 0 Å². The highest BCUT2D eigenvalue weighted by atomic mass is 32.2. The van der Waals surface area contributed by atoms with E-state index in [1.807, 2.05) is 0 Å². The van der Waals surface area contributed by atoms with Gasteiger partial charge in [-0.15, -0.1) is 11.3 Å². The number of nitrogens with two attached hydrogens (primary N) is 1. The monoisotopic (exact) mass is 331 g/mol. The lowest BCUT2D eigenvalue weighted by molar-refractivity contribution is -0.118. The summed E-state index contributed by atoms with van der Waals surface area (Å²) in [4.78, 5) is 15.4. The molecule has 2 heterocycles. The number of nitrogens with zero attached hydrogens (tertiary/aromatic N) is 2. The molecule has 0 spiro atoms. The van der Waals surface area contributed by atoms with Crippen LogP contribution in [0.1, 0.15) is 19.3 Å². The van der Waals surface area contributed by atoms with Gasteiger partial charge in [-0.1, -0.05) is 0 Å². The van der Waals surface area contributed by atoms with Gasteiger partial charge in [-0.25, -0.2) is 18.1 Å². The molecule has 4 N–H and O–H groups in total. The number of carbonyl (C=O) groups is 1. The number of carbonyl (C=O) groups excluding carboxylic acids is 1. The number of anilines is 1. The maximum atomic E-state index is 12.4. The van der Waals surface area contributed by atoms with Crippen LogP contribution in [0.2, 0.25) is 0 Å². The average molecular weight is 331 g/mol.